The number of esters is 2. The Balaban J connectivity index is 1.85. The number of hydrogen-bond donors (Lipinski definition) is 1. The van der Waals surface area contributed by atoms with Crippen LogP contribution in [-0.4, -0.2) is 80.7 Å². The van der Waals surface area contributed by atoms with E-state index in [-0.39, 0.29) is 66.7 Å². The van der Waals surface area contributed by atoms with Gasteiger partial charge < -0.3 is 29.7 Å². The summed E-state index contributed by atoms with van der Waals surface area (Å²) >= 11 is 0. The maximum absolute atomic E-state index is 13.8. The summed E-state index contributed by atoms with van der Waals surface area (Å²) in [4.78, 5) is 57.0. The van der Waals surface area contributed by atoms with Crippen molar-refractivity contribution in [1.29, 1.82) is 5.26 Å². The minimum atomic E-state index is -1.03. The molecule has 12 heteroatoms. The average Bonchev–Trinajstić information content (AvgIpc) is 3.03. The third kappa shape index (κ3) is 5.49. The highest BCUT2D eigenvalue weighted by Crippen LogP contribution is 2.44. The quantitative estimate of drug-likeness (QED) is 0.402. The van der Waals surface area contributed by atoms with Gasteiger partial charge in [0.05, 0.1) is 55.2 Å². The van der Waals surface area contributed by atoms with Crippen molar-refractivity contribution in [2.75, 3.05) is 51.9 Å². The highest BCUT2D eigenvalue weighted by atomic mass is 16.6. The minimum Gasteiger partial charge on any atom is -0.466 e. The Kier molecular flexibility index (Phi) is 9.12. The van der Waals surface area contributed by atoms with Crippen molar-refractivity contribution in [3.05, 3.63) is 88.4 Å². The lowest BCUT2D eigenvalue weighted by molar-refractivity contribution is -0.139. The SMILES string of the molecule is CCOC(=O)N1CCN(C(=O)c2ccccc2N2C(N)=C(C#N)C(c3ccccc3)C(C(=O)OC)=C2C(=O)OC)CC1. The molecule has 2 heterocycles. The second-order valence-corrected chi connectivity index (χ2v) is 9.33. The van der Waals surface area contributed by atoms with Crippen LogP contribution >= 0.6 is 0 Å². The average molecular weight is 574 g/mol. The number of ether oxygens (including phenoxy) is 3. The number of nitriles is 1. The van der Waals surface area contributed by atoms with Gasteiger partial charge in [0.15, 0.2) is 0 Å². The topological polar surface area (TPSA) is 155 Å². The van der Waals surface area contributed by atoms with Crippen molar-refractivity contribution < 1.29 is 33.4 Å². The van der Waals surface area contributed by atoms with Gasteiger partial charge in [-0.2, -0.15) is 5.26 Å². The number of anilines is 1. The molecule has 2 aromatic rings. The first-order valence-corrected chi connectivity index (χ1v) is 13.2. The summed E-state index contributed by atoms with van der Waals surface area (Å²) in [6.45, 7) is 2.99. The van der Waals surface area contributed by atoms with E-state index in [1.165, 1.54) is 9.80 Å². The van der Waals surface area contributed by atoms with Gasteiger partial charge in [-0.05, 0) is 24.6 Å². The van der Waals surface area contributed by atoms with Crippen LogP contribution in [0.3, 0.4) is 0 Å². The number of allylic oxidation sites excluding steroid dienone is 1. The predicted octanol–water partition coefficient (Wildman–Crippen LogP) is 2.50. The summed E-state index contributed by atoms with van der Waals surface area (Å²) in [7, 11) is 2.32. The van der Waals surface area contributed by atoms with E-state index in [0.29, 0.717) is 5.56 Å². The number of rotatable bonds is 6. The molecule has 218 valence electrons. The summed E-state index contributed by atoms with van der Waals surface area (Å²) in [6.07, 6.45) is -0.448. The molecular weight excluding hydrogens is 542 g/mol. The Labute approximate surface area is 243 Å². The molecule has 0 aromatic heterocycles. The van der Waals surface area contributed by atoms with Crippen molar-refractivity contribution in [2.24, 2.45) is 5.73 Å². The molecule has 1 atom stereocenters. The third-order valence-electron chi connectivity index (χ3n) is 7.08. The number of hydrogen-bond acceptors (Lipinski definition) is 10. The van der Waals surface area contributed by atoms with E-state index in [9.17, 15) is 24.4 Å². The first kappa shape index (κ1) is 29.7. The minimum absolute atomic E-state index is 0.0143. The van der Waals surface area contributed by atoms with Gasteiger partial charge in [0.25, 0.3) is 5.91 Å². The summed E-state index contributed by atoms with van der Waals surface area (Å²) in [6, 6.07) is 17.2. The molecular formula is C30H31N5O7. The fourth-order valence-electron chi connectivity index (χ4n) is 5.09. The number of carbonyl (C=O) groups excluding carboxylic acids is 4. The van der Waals surface area contributed by atoms with Crippen LogP contribution in [0.15, 0.2) is 77.3 Å². The maximum Gasteiger partial charge on any atom is 0.409 e. The second-order valence-electron chi connectivity index (χ2n) is 9.33. The number of benzene rings is 2. The molecule has 42 heavy (non-hydrogen) atoms. The van der Waals surface area contributed by atoms with Crippen molar-refractivity contribution in [1.82, 2.24) is 9.80 Å². The molecule has 1 fully saturated rings. The zero-order valence-corrected chi connectivity index (χ0v) is 23.5. The molecule has 2 amide bonds. The monoisotopic (exact) mass is 573 g/mol. The molecule has 1 saturated heterocycles. The molecule has 2 N–H and O–H groups in total. The van der Waals surface area contributed by atoms with E-state index in [4.69, 9.17) is 19.9 Å². The smallest absolute Gasteiger partial charge is 0.409 e. The first-order chi connectivity index (χ1) is 20.3. The Morgan fingerprint density at radius 2 is 1.50 bits per heavy atom. The molecule has 0 radical (unpaired) electrons. The van der Waals surface area contributed by atoms with E-state index >= 15 is 0 Å². The van der Waals surface area contributed by atoms with E-state index in [1.54, 1.807) is 66.4 Å². The van der Waals surface area contributed by atoms with Crippen LogP contribution in [-0.2, 0) is 23.8 Å². The number of para-hydroxylation sites is 1. The molecule has 2 aromatic carbocycles. The number of amides is 2. The van der Waals surface area contributed by atoms with Gasteiger partial charge in [0.2, 0.25) is 0 Å². The first-order valence-electron chi connectivity index (χ1n) is 13.2. The molecule has 0 saturated carbocycles. The van der Waals surface area contributed by atoms with Crippen LogP contribution in [0.5, 0.6) is 0 Å². The van der Waals surface area contributed by atoms with Crippen LogP contribution < -0.4 is 10.6 Å². The van der Waals surface area contributed by atoms with Crippen molar-refractivity contribution >= 4 is 29.6 Å². The lowest BCUT2D eigenvalue weighted by Gasteiger charge is -2.38. The zero-order chi connectivity index (χ0) is 30.4. The van der Waals surface area contributed by atoms with Gasteiger partial charge in [-0.15, -0.1) is 0 Å². The zero-order valence-electron chi connectivity index (χ0n) is 23.5. The second kappa shape index (κ2) is 12.9. The molecule has 0 aliphatic carbocycles. The number of carbonyl (C=O) groups is 4. The van der Waals surface area contributed by atoms with Gasteiger partial charge in [0.1, 0.15) is 11.5 Å². The number of nitrogens with zero attached hydrogens (tertiary/aromatic N) is 4. The summed E-state index contributed by atoms with van der Waals surface area (Å²) < 4.78 is 15.2. The molecule has 2 aliphatic rings. The standard InChI is InChI=1S/C30H31N5O7/c1-4-42-30(39)34-16-14-33(15-17-34)27(36)20-12-8-9-13-22(20)35-25(29(38)41-3)24(28(37)40-2)23(21(18-31)26(35)32)19-10-6-5-7-11-19/h5-13,23H,4,14-17,32H2,1-3H3. The van der Waals surface area contributed by atoms with Crippen LogP contribution in [0, 0.1) is 11.3 Å². The van der Waals surface area contributed by atoms with E-state index < -0.39 is 29.9 Å². The van der Waals surface area contributed by atoms with Crippen LogP contribution in [0.2, 0.25) is 0 Å². The summed E-state index contributed by atoms with van der Waals surface area (Å²) in [5, 5.41) is 10.3. The van der Waals surface area contributed by atoms with Crippen LogP contribution in [0.1, 0.15) is 28.8 Å². The molecule has 2 aliphatic heterocycles. The van der Waals surface area contributed by atoms with Gasteiger partial charge in [0, 0.05) is 26.2 Å². The van der Waals surface area contributed by atoms with E-state index in [2.05, 4.69) is 6.07 Å². The normalized spacial score (nSPS) is 17.0. The number of methoxy groups -OCH3 is 2. The van der Waals surface area contributed by atoms with E-state index in [0.717, 1.165) is 14.2 Å². The molecule has 12 nitrogen and oxygen atoms in total. The highest BCUT2D eigenvalue weighted by Gasteiger charge is 2.44. The summed E-state index contributed by atoms with van der Waals surface area (Å²) in [5.74, 6) is -3.36. The van der Waals surface area contributed by atoms with Crippen LogP contribution in [0.4, 0.5) is 10.5 Å². The van der Waals surface area contributed by atoms with Gasteiger partial charge in [-0.3, -0.25) is 9.69 Å². The predicted molar refractivity (Wildman–Crippen MR) is 150 cm³/mol. The number of nitrogens with two attached hydrogens (primary N) is 1. The fourth-order valence-corrected chi connectivity index (χ4v) is 5.09. The van der Waals surface area contributed by atoms with Gasteiger partial charge in [-0.1, -0.05) is 42.5 Å². The van der Waals surface area contributed by atoms with Crippen molar-refractivity contribution in [3.8, 4) is 6.07 Å². The van der Waals surface area contributed by atoms with Crippen molar-refractivity contribution in [2.45, 2.75) is 12.8 Å². The highest BCUT2D eigenvalue weighted by molar-refractivity contribution is 6.08. The largest absolute Gasteiger partial charge is 0.466 e. The molecule has 4 rings (SSSR count). The number of piperazine rings is 1. The third-order valence-corrected chi connectivity index (χ3v) is 7.08. The Morgan fingerprint density at radius 3 is 2.10 bits per heavy atom. The lowest BCUT2D eigenvalue weighted by atomic mass is 9.80. The Morgan fingerprint density at radius 1 is 0.905 bits per heavy atom. The Bertz CT molecular complexity index is 1490. The molecule has 0 spiro atoms. The molecule has 1 unspecified atom stereocenters. The molecule has 0 bridgehead atoms. The van der Waals surface area contributed by atoms with Gasteiger partial charge in [-0.25, -0.2) is 14.4 Å². The van der Waals surface area contributed by atoms with Crippen LogP contribution in [0.25, 0.3) is 0 Å². The van der Waals surface area contributed by atoms with E-state index in [1.807, 2.05) is 0 Å². The van der Waals surface area contributed by atoms with Gasteiger partial charge >= 0.3 is 18.0 Å². The lowest BCUT2D eigenvalue weighted by Crippen LogP contribution is -2.51. The Hall–Kier alpha value is -5.31. The van der Waals surface area contributed by atoms with Crippen molar-refractivity contribution in [3.63, 3.8) is 0 Å². The summed E-state index contributed by atoms with van der Waals surface area (Å²) in [5.41, 5.74) is 7.01. The fraction of sp³-hybridized carbons (Fsp3) is 0.300. The maximum atomic E-state index is 13.8.